The SMILES string of the molecule is C/C=C(\CC/C=C\C(C)OC)CCN(F)C1=C(c2cccc(F)c2)CN(C)CCC1. The van der Waals surface area contributed by atoms with Gasteiger partial charge in [0.1, 0.15) is 5.82 Å². The normalized spacial score (nSPS) is 17.5. The van der Waals surface area contributed by atoms with Gasteiger partial charge < -0.3 is 9.64 Å². The van der Waals surface area contributed by atoms with Crippen LogP contribution in [-0.4, -0.2) is 49.9 Å². The fourth-order valence-corrected chi connectivity index (χ4v) is 3.73. The number of hydrogen-bond acceptors (Lipinski definition) is 3. The number of ether oxygens (including phenoxy) is 1. The van der Waals surface area contributed by atoms with Gasteiger partial charge in [0, 0.05) is 13.7 Å². The van der Waals surface area contributed by atoms with Gasteiger partial charge in [-0.15, -0.1) is 4.48 Å². The third-order valence-electron chi connectivity index (χ3n) is 5.64. The summed E-state index contributed by atoms with van der Waals surface area (Å²) in [5.41, 5.74) is 3.58. The second-order valence-electron chi connectivity index (χ2n) is 7.97. The third kappa shape index (κ3) is 7.69. The van der Waals surface area contributed by atoms with Crippen molar-refractivity contribution in [3.05, 3.63) is 65.1 Å². The molecule has 0 N–H and O–H groups in total. The van der Waals surface area contributed by atoms with E-state index >= 15 is 4.48 Å². The summed E-state index contributed by atoms with van der Waals surface area (Å²) in [5, 5.41) is 0.895. The highest BCUT2D eigenvalue weighted by Gasteiger charge is 2.21. The molecule has 1 atom stereocenters. The highest BCUT2D eigenvalue weighted by molar-refractivity contribution is 5.70. The Balaban J connectivity index is 2.06. The summed E-state index contributed by atoms with van der Waals surface area (Å²) in [7, 11) is 3.72. The first-order chi connectivity index (χ1) is 14.4. The van der Waals surface area contributed by atoms with Gasteiger partial charge in [-0.05, 0) is 82.8 Å². The molecule has 0 radical (unpaired) electrons. The summed E-state index contributed by atoms with van der Waals surface area (Å²) in [6.45, 7) is 5.86. The van der Waals surface area contributed by atoms with Gasteiger partial charge in [0.25, 0.3) is 0 Å². The maximum absolute atomic E-state index is 15.3. The minimum Gasteiger partial charge on any atom is -0.378 e. The van der Waals surface area contributed by atoms with Crippen molar-refractivity contribution in [2.75, 3.05) is 33.8 Å². The Kier molecular flexibility index (Phi) is 10.2. The van der Waals surface area contributed by atoms with Crippen LogP contribution in [0, 0.1) is 5.82 Å². The van der Waals surface area contributed by atoms with Gasteiger partial charge in [0.15, 0.2) is 0 Å². The molecule has 5 heteroatoms. The van der Waals surface area contributed by atoms with Gasteiger partial charge in [0.05, 0.1) is 18.3 Å². The highest BCUT2D eigenvalue weighted by Crippen LogP contribution is 2.29. The van der Waals surface area contributed by atoms with Gasteiger partial charge in [-0.25, -0.2) is 9.51 Å². The summed E-state index contributed by atoms with van der Waals surface area (Å²) >= 11 is 0. The van der Waals surface area contributed by atoms with E-state index in [4.69, 9.17) is 4.74 Å². The van der Waals surface area contributed by atoms with E-state index < -0.39 is 0 Å². The zero-order chi connectivity index (χ0) is 21.9. The van der Waals surface area contributed by atoms with E-state index in [9.17, 15) is 4.39 Å². The van der Waals surface area contributed by atoms with Crippen LogP contribution in [-0.2, 0) is 4.74 Å². The lowest BCUT2D eigenvalue weighted by Gasteiger charge is -2.22. The van der Waals surface area contributed by atoms with Crippen molar-refractivity contribution >= 4 is 5.57 Å². The summed E-state index contributed by atoms with van der Waals surface area (Å²) in [6.07, 6.45) is 10.4. The van der Waals surface area contributed by atoms with Crippen molar-refractivity contribution in [1.29, 1.82) is 0 Å². The first kappa shape index (κ1) is 24.3. The Morgan fingerprint density at radius 2 is 2.13 bits per heavy atom. The number of nitrogens with zero attached hydrogens (tertiary/aromatic N) is 2. The predicted molar refractivity (Wildman–Crippen MR) is 121 cm³/mol. The van der Waals surface area contributed by atoms with Crippen LogP contribution >= 0.6 is 0 Å². The van der Waals surface area contributed by atoms with Crippen molar-refractivity contribution in [2.24, 2.45) is 0 Å². The minimum absolute atomic E-state index is 0.113. The Morgan fingerprint density at radius 3 is 2.83 bits per heavy atom. The molecule has 0 saturated heterocycles. The average Bonchev–Trinajstić information content (AvgIpc) is 2.94. The van der Waals surface area contributed by atoms with Crippen molar-refractivity contribution in [3.63, 3.8) is 0 Å². The number of rotatable bonds is 10. The van der Waals surface area contributed by atoms with Crippen molar-refractivity contribution in [3.8, 4) is 0 Å². The molecule has 3 nitrogen and oxygen atoms in total. The standard InChI is InChI=1S/C25H36F2N2O/c1-5-21(11-7-6-10-20(2)30-4)15-17-29(27)25-14-9-16-28(3)19-24(25)22-12-8-13-23(26)18-22/h5-6,8,10,12-13,18,20H,7,9,11,14-17,19H2,1-4H3/b10-6-,21-5+. The second kappa shape index (κ2) is 12.7. The van der Waals surface area contributed by atoms with E-state index in [0.29, 0.717) is 31.6 Å². The van der Waals surface area contributed by atoms with Crippen molar-refractivity contribution in [2.45, 2.75) is 52.1 Å². The first-order valence-corrected chi connectivity index (χ1v) is 10.9. The van der Waals surface area contributed by atoms with E-state index in [1.54, 1.807) is 13.2 Å². The maximum atomic E-state index is 15.3. The van der Waals surface area contributed by atoms with Gasteiger partial charge in [-0.2, -0.15) is 0 Å². The van der Waals surface area contributed by atoms with E-state index in [2.05, 4.69) is 17.1 Å². The molecule has 0 bridgehead atoms. The number of halogens is 2. The zero-order valence-electron chi connectivity index (χ0n) is 18.8. The van der Waals surface area contributed by atoms with Crippen LogP contribution in [0.15, 0.2) is 53.8 Å². The largest absolute Gasteiger partial charge is 0.378 e. The molecule has 1 aliphatic rings. The summed E-state index contributed by atoms with van der Waals surface area (Å²) < 4.78 is 34.3. The number of hydrogen-bond donors (Lipinski definition) is 0. The van der Waals surface area contributed by atoms with E-state index in [0.717, 1.165) is 42.1 Å². The molecule has 0 amide bonds. The van der Waals surface area contributed by atoms with Crippen molar-refractivity contribution in [1.82, 2.24) is 10.0 Å². The molecule has 0 aliphatic carbocycles. The molecule has 0 fully saturated rings. The molecular weight excluding hydrogens is 382 g/mol. The summed E-state index contributed by atoms with van der Waals surface area (Å²) in [4.78, 5) is 2.17. The molecule has 1 unspecified atom stereocenters. The monoisotopic (exact) mass is 418 g/mol. The average molecular weight is 419 g/mol. The second-order valence-corrected chi connectivity index (χ2v) is 7.97. The smallest absolute Gasteiger partial charge is 0.123 e. The molecule has 1 heterocycles. The van der Waals surface area contributed by atoms with Crippen LogP contribution in [0.25, 0.3) is 5.57 Å². The molecule has 30 heavy (non-hydrogen) atoms. The molecular formula is C25H36F2N2O. The lowest BCUT2D eigenvalue weighted by atomic mass is 10.0. The summed E-state index contributed by atoms with van der Waals surface area (Å²) in [6, 6.07) is 6.50. The number of benzene rings is 1. The van der Waals surface area contributed by atoms with Crippen LogP contribution < -0.4 is 0 Å². The Bertz CT molecular complexity index is 757. The van der Waals surface area contributed by atoms with Crippen LogP contribution in [0.2, 0.25) is 0 Å². The van der Waals surface area contributed by atoms with Crippen LogP contribution in [0.3, 0.4) is 0 Å². The number of likely N-dealkylation sites (N-methyl/N-ethyl adjacent to an activating group) is 1. The summed E-state index contributed by atoms with van der Waals surface area (Å²) in [5.74, 6) is -0.288. The molecule has 0 saturated carbocycles. The van der Waals surface area contributed by atoms with Crippen LogP contribution in [0.4, 0.5) is 8.87 Å². The Hall–Kier alpha value is -1.98. The van der Waals surface area contributed by atoms with Gasteiger partial charge in [-0.3, -0.25) is 0 Å². The molecule has 0 spiro atoms. The quantitative estimate of drug-likeness (QED) is 0.334. The first-order valence-electron chi connectivity index (χ1n) is 10.9. The maximum Gasteiger partial charge on any atom is 0.123 e. The molecule has 2 rings (SSSR count). The van der Waals surface area contributed by atoms with E-state index in [1.807, 2.05) is 33.0 Å². The number of allylic oxidation sites excluding steroid dienone is 3. The fraction of sp³-hybridized carbons (Fsp3) is 0.520. The minimum atomic E-state index is -0.288. The third-order valence-corrected chi connectivity index (χ3v) is 5.64. The van der Waals surface area contributed by atoms with E-state index in [-0.39, 0.29) is 11.9 Å². The predicted octanol–water partition coefficient (Wildman–Crippen LogP) is 6.16. The van der Waals surface area contributed by atoms with Gasteiger partial charge >= 0.3 is 0 Å². The molecule has 166 valence electrons. The van der Waals surface area contributed by atoms with Crippen LogP contribution in [0.5, 0.6) is 0 Å². The fourth-order valence-electron chi connectivity index (χ4n) is 3.73. The molecule has 0 aromatic heterocycles. The zero-order valence-corrected chi connectivity index (χ0v) is 18.8. The van der Waals surface area contributed by atoms with Gasteiger partial charge in [-0.1, -0.05) is 35.9 Å². The molecule has 1 aliphatic heterocycles. The Labute approximate surface area is 180 Å². The van der Waals surface area contributed by atoms with E-state index in [1.165, 1.54) is 17.7 Å². The highest BCUT2D eigenvalue weighted by atomic mass is 19.2. The van der Waals surface area contributed by atoms with Crippen LogP contribution in [0.1, 0.15) is 51.5 Å². The molecule has 1 aromatic rings. The van der Waals surface area contributed by atoms with Gasteiger partial charge in [0.2, 0.25) is 0 Å². The van der Waals surface area contributed by atoms with Crippen molar-refractivity contribution < 1.29 is 13.6 Å². The topological polar surface area (TPSA) is 15.7 Å². The molecule has 1 aromatic carbocycles. The lowest BCUT2D eigenvalue weighted by molar-refractivity contribution is 0.0675. The number of methoxy groups -OCH3 is 1. The lowest BCUT2D eigenvalue weighted by Crippen LogP contribution is -2.21. The Morgan fingerprint density at radius 1 is 1.33 bits per heavy atom.